The summed E-state index contributed by atoms with van der Waals surface area (Å²) < 4.78 is 75.0. The van der Waals surface area contributed by atoms with E-state index in [1.165, 1.54) is 0 Å². The van der Waals surface area contributed by atoms with E-state index in [-0.39, 0.29) is 18.2 Å². The van der Waals surface area contributed by atoms with Crippen LogP contribution in [0.3, 0.4) is 0 Å². The van der Waals surface area contributed by atoms with Crippen molar-refractivity contribution in [1.82, 2.24) is 5.32 Å². The maximum absolute atomic E-state index is 12.5. The highest BCUT2D eigenvalue weighted by molar-refractivity contribution is 5.41. The van der Waals surface area contributed by atoms with Crippen molar-refractivity contribution >= 4 is 0 Å². The summed E-state index contributed by atoms with van der Waals surface area (Å²) in [6, 6.07) is 0. The van der Waals surface area contributed by atoms with Crippen LogP contribution in [0.25, 0.3) is 0 Å². The van der Waals surface area contributed by atoms with Crippen LogP contribution in [-0.2, 0) is 0 Å². The van der Waals surface area contributed by atoms with Crippen LogP contribution in [0.1, 0.15) is 6.42 Å². The topological polar surface area (TPSA) is 12.0 Å². The smallest absolute Gasteiger partial charge is 0.365 e. The summed E-state index contributed by atoms with van der Waals surface area (Å²) in [5, 5.41) is 2.37. The lowest BCUT2D eigenvalue weighted by atomic mass is 10.1. The number of hydrogen-bond acceptors (Lipinski definition) is 1. The zero-order valence-electron chi connectivity index (χ0n) is 8.99. The normalized spacial score (nSPS) is 17.3. The van der Waals surface area contributed by atoms with Crippen LogP contribution in [0.2, 0.25) is 0 Å². The highest BCUT2D eigenvalue weighted by Gasteiger charge is 2.38. The Morgan fingerprint density at radius 2 is 1.56 bits per heavy atom. The molecule has 1 aliphatic rings. The molecular formula is C11H9F6N. The Labute approximate surface area is 99.2 Å². The first kappa shape index (κ1) is 14.4. The lowest BCUT2D eigenvalue weighted by Crippen LogP contribution is -2.15. The van der Waals surface area contributed by atoms with Crippen molar-refractivity contribution in [2.24, 2.45) is 0 Å². The molecule has 0 aliphatic heterocycles. The van der Waals surface area contributed by atoms with E-state index in [1.54, 1.807) is 0 Å². The minimum Gasteiger partial charge on any atom is -0.365 e. The van der Waals surface area contributed by atoms with Gasteiger partial charge in [0.05, 0.1) is 11.1 Å². The SMILES string of the molecule is C=CNC1=CC(C(F)(F)F)=CC(C(F)(F)F)=CC1. The Hall–Kier alpha value is -1.66. The van der Waals surface area contributed by atoms with Crippen LogP contribution in [0.4, 0.5) is 26.3 Å². The quantitative estimate of drug-likeness (QED) is 0.747. The summed E-state index contributed by atoms with van der Waals surface area (Å²) in [5.41, 5.74) is -2.67. The van der Waals surface area contributed by atoms with E-state index in [9.17, 15) is 26.3 Å². The largest absolute Gasteiger partial charge is 0.416 e. The Morgan fingerprint density at radius 3 is 2.00 bits per heavy atom. The minimum absolute atomic E-state index is 0.00664. The molecule has 1 N–H and O–H groups in total. The van der Waals surface area contributed by atoms with Crippen LogP contribution in [0, 0.1) is 0 Å². The number of nitrogens with one attached hydrogen (secondary N) is 1. The second-order valence-electron chi connectivity index (χ2n) is 3.48. The molecule has 1 nitrogen and oxygen atoms in total. The van der Waals surface area contributed by atoms with Gasteiger partial charge in [0.25, 0.3) is 0 Å². The van der Waals surface area contributed by atoms with Crippen LogP contribution < -0.4 is 5.32 Å². The molecule has 18 heavy (non-hydrogen) atoms. The van der Waals surface area contributed by atoms with Gasteiger partial charge in [-0.05, 0) is 18.4 Å². The van der Waals surface area contributed by atoms with E-state index in [0.717, 1.165) is 6.20 Å². The Kier molecular flexibility index (Phi) is 3.93. The molecule has 0 aromatic heterocycles. The Bertz CT molecular complexity index is 422. The first-order valence-electron chi connectivity index (χ1n) is 4.79. The Balaban J connectivity index is 3.22. The molecule has 1 rings (SSSR count). The van der Waals surface area contributed by atoms with Gasteiger partial charge >= 0.3 is 12.4 Å². The van der Waals surface area contributed by atoms with Gasteiger partial charge in [-0.1, -0.05) is 12.7 Å². The molecule has 0 atom stereocenters. The zero-order valence-corrected chi connectivity index (χ0v) is 8.99. The molecule has 0 saturated carbocycles. The van der Waals surface area contributed by atoms with E-state index >= 15 is 0 Å². The number of hydrogen-bond donors (Lipinski definition) is 1. The molecule has 100 valence electrons. The standard InChI is InChI=1S/C11H9F6N/c1-2-18-9-4-3-7(10(12,13)14)5-8(6-9)11(15,16)17/h2-3,5-6,18H,1,4H2. The maximum atomic E-state index is 12.5. The van der Waals surface area contributed by atoms with Gasteiger partial charge in [-0.25, -0.2) is 0 Å². The average molecular weight is 269 g/mol. The predicted molar refractivity (Wildman–Crippen MR) is 54.3 cm³/mol. The lowest BCUT2D eigenvalue weighted by Gasteiger charge is -2.10. The minimum atomic E-state index is -4.84. The molecule has 0 bridgehead atoms. The number of rotatable bonds is 2. The second-order valence-corrected chi connectivity index (χ2v) is 3.48. The molecule has 0 saturated heterocycles. The van der Waals surface area contributed by atoms with E-state index < -0.39 is 23.5 Å². The number of halogens is 6. The molecular weight excluding hydrogens is 260 g/mol. The second kappa shape index (κ2) is 4.91. The van der Waals surface area contributed by atoms with Crippen LogP contribution >= 0.6 is 0 Å². The fourth-order valence-corrected chi connectivity index (χ4v) is 1.33. The van der Waals surface area contributed by atoms with Crippen LogP contribution in [0.5, 0.6) is 0 Å². The van der Waals surface area contributed by atoms with Gasteiger partial charge in [-0.3, -0.25) is 0 Å². The predicted octanol–water partition coefficient (Wildman–Crippen LogP) is 3.98. The lowest BCUT2D eigenvalue weighted by molar-refractivity contribution is -0.0933. The summed E-state index contributed by atoms with van der Waals surface area (Å²) >= 11 is 0. The molecule has 7 heteroatoms. The van der Waals surface area contributed by atoms with Gasteiger partial charge in [0, 0.05) is 12.1 Å². The van der Waals surface area contributed by atoms with Gasteiger partial charge in [0.2, 0.25) is 0 Å². The third-order valence-corrected chi connectivity index (χ3v) is 2.12. The average Bonchev–Trinajstić information content (AvgIpc) is 2.39. The van der Waals surface area contributed by atoms with Gasteiger partial charge in [0.15, 0.2) is 0 Å². The van der Waals surface area contributed by atoms with Gasteiger partial charge in [-0.2, -0.15) is 26.3 Å². The summed E-state index contributed by atoms with van der Waals surface area (Å²) in [6.07, 6.45) is -7.41. The molecule has 0 heterocycles. The Morgan fingerprint density at radius 1 is 1.00 bits per heavy atom. The van der Waals surface area contributed by atoms with E-state index in [0.29, 0.717) is 12.2 Å². The fraction of sp³-hybridized carbons (Fsp3) is 0.273. The molecule has 0 unspecified atom stereocenters. The highest BCUT2D eigenvalue weighted by atomic mass is 19.4. The summed E-state index contributed by atoms with van der Waals surface area (Å²) in [5.74, 6) is 0. The summed E-state index contributed by atoms with van der Waals surface area (Å²) in [4.78, 5) is 0. The van der Waals surface area contributed by atoms with Gasteiger partial charge in [-0.15, -0.1) is 0 Å². The van der Waals surface area contributed by atoms with Crippen molar-refractivity contribution in [3.63, 3.8) is 0 Å². The molecule has 0 aromatic carbocycles. The first-order chi connectivity index (χ1) is 8.14. The molecule has 0 amide bonds. The van der Waals surface area contributed by atoms with Crippen molar-refractivity contribution in [2.75, 3.05) is 0 Å². The van der Waals surface area contributed by atoms with Gasteiger partial charge in [0.1, 0.15) is 0 Å². The highest BCUT2D eigenvalue weighted by Crippen LogP contribution is 2.35. The fourth-order valence-electron chi connectivity index (χ4n) is 1.33. The van der Waals surface area contributed by atoms with Crippen molar-refractivity contribution in [2.45, 2.75) is 18.8 Å². The summed E-state index contributed by atoms with van der Waals surface area (Å²) in [6.45, 7) is 3.24. The molecule has 1 aliphatic carbocycles. The third-order valence-electron chi connectivity index (χ3n) is 2.12. The molecule has 0 aromatic rings. The van der Waals surface area contributed by atoms with Crippen molar-refractivity contribution in [3.05, 3.63) is 47.9 Å². The van der Waals surface area contributed by atoms with Crippen LogP contribution in [0.15, 0.2) is 47.9 Å². The number of alkyl halides is 6. The van der Waals surface area contributed by atoms with Crippen LogP contribution in [-0.4, -0.2) is 12.4 Å². The number of allylic oxidation sites excluding steroid dienone is 5. The monoisotopic (exact) mass is 269 g/mol. The van der Waals surface area contributed by atoms with Crippen molar-refractivity contribution in [3.8, 4) is 0 Å². The maximum Gasteiger partial charge on any atom is 0.416 e. The molecule has 0 spiro atoms. The van der Waals surface area contributed by atoms with E-state index in [2.05, 4.69) is 11.9 Å². The van der Waals surface area contributed by atoms with Crippen molar-refractivity contribution < 1.29 is 26.3 Å². The zero-order chi connectivity index (χ0) is 14.0. The molecule has 0 radical (unpaired) electrons. The van der Waals surface area contributed by atoms with E-state index in [4.69, 9.17) is 0 Å². The van der Waals surface area contributed by atoms with Crippen molar-refractivity contribution in [1.29, 1.82) is 0 Å². The third kappa shape index (κ3) is 3.68. The van der Waals surface area contributed by atoms with Gasteiger partial charge < -0.3 is 5.32 Å². The summed E-state index contributed by atoms with van der Waals surface area (Å²) in [7, 11) is 0. The molecule has 0 fully saturated rings. The van der Waals surface area contributed by atoms with E-state index in [1.807, 2.05) is 0 Å². The first-order valence-corrected chi connectivity index (χ1v) is 4.79.